The van der Waals surface area contributed by atoms with Gasteiger partial charge in [0.05, 0.1) is 42.1 Å². The summed E-state index contributed by atoms with van der Waals surface area (Å²) in [5.74, 6) is -0.107. The molecule has 3 N–H and O–H groups in total. The van der Waals surface area contributed by atoms with Gasteiger partial charge in [-0.15, -0.1) is 0 Å². The Hall–Kier alpha value is -4.24. The van der Waals surface area contributed by atoms with Gasteiger partial charge in [0.25, 0.3) is 0 Å². The van der Waals surface area contributed by atoms with E-state index in [1.54, 1.807) is 12.4 Å². The Morgan fingerprint density at radius 1 is 0.854 bits per heavy atom. The average molecular weight is 563 g/mol. The molecule has 0 spiro atoms. The zero-order valence-electron chi connectivity index (χ0n) is 22.9. The number of hydrogen-bond donors (Lipinski definition) is 3. The molecule has 2 unspecified atom stereocenters. The number of aliphatic carboxylic acids is 1. The van der Waals surface area contributed by atoms with Crippen LogP contribution in [-0.2, 0) is 11.0 Å². The van der Waals surface area contributed by atoms with E-state index in [9.17, 15) is 18.0 Å². The Bertz CT molecular complexity index is 1390. The van der Waals surface area contributed by atoms with Gasteiger partial charge in [-0.2, -0.15) is 13.2 Å². The summed E-state index contributed by atoms with van der Waals surface area (Å²) in [7, 11) is 0. The van der Waals surface area contributed by atoms with Crippen molar-refractivity contribution in [3.05, 3.63) is 114 Å². The molecule has 1 heterocycles. The van der Waals surface area contributed by atoms with Crippen LogP contribution < -0.4 is 10.6 Å². The highest BCUT2D eigenvalue weighted by molar-refractivity contribution is 5.66. The predicted molar refractivity (Wildman–Crippen MR) is 153 cm³/mol. The van der Waals surface area contributed by atoms with E-state index in [0.29, 0.717) is 29.5 Å². The third kappa shape index (κ3) is 8.38. The molecule has 6 nitrogen and oxygen atoms in total. The number of nitrogens with zero attached hydrogens (tertiary/aromatic N) is 2. The molecule has 9 heteroatoms. The second-order valence-electron chi connectivity index (χ2n) is 10.3. The van der Waals surface area contributed by atoms with Gasteiger partial charge in [0.1, 0.15) is 0 Å². The highest BCUT2D eigenvalue weighted by atomic mass is 19.4. The Kier molecular flexibility index (Phi) is 9.73. The van der Waals surface area contributed by atoms with Crippen LogP contribution in [-0.4, -0.2) is 27.6 Å². The molecular weight excluding hydrogens is 529 g/mol. The number of halogens is 3. The van der Waals surface area contributed by atoms with E-state index in [-0.39, 0.29) is 18.5 Å². The van der Waals surface area contributed by atoms with Crippen LogP contribution in [0.5, 0.6) is 0 Å². The predicted octanol–water partition coefficient (Wildman–Crippen LogP) is 7.52. The van der Waals surface area contributed by atoms with Crippen molar-refractivity contribution in [3.63, 3.8) is 0 Å². The molecule has 0 radical (unpaired) electrons. The van der Waals surface area contributed by atoms with Crippen molar-refractivity contribution in [2.75, 3.05) is 11.9 Å². The Morgan fingerprint density at radius 3 is 2.00 bits per heavy atom. The second kappa shape index (κ2) is 13.4. The van der Waals surface area contributed by atoms with E-state index in [0.717, 1.165) is 35.2 Å². The van der Waals surface area contributed by atoms with E-state index in [1.807, 2.05) is 30.3 Å². The van der Waals surface area contributed by atoms with Crippen LogP contribution in [0.4, 0.5) is 18.9 Å². The van der Waals surface area contributed by atoms with E-state index in [4.69, 9.17) is 5.11 Å². The molecular formula is C32H33F3N4O2. The minimum atomic E-state index is -4.39. The lowest BCUT2D eigenvalue weighted by molar-refractivity contribution is -0.138. The van der Waals surface area contributed by atoms with Gasteiger partial charge in [-0.1, -0.05) is 80.6 Å². The molecule has 0 amide bonds. The number of carbonyl (C=O) groups is 1. The van der Waals surface area contributed by atoms with Crippen molar-refractivity contribution in [2.45, 2.75) is 44.9 Å². The largest absolute Gasteiger partial charge is 0.481 e. The number of rotatable bonds is 12. The van der Waals surface area contributed by atoms with Crippen molar-refractivity contribution < 1.29 is 23.1 Å². The summed E-state index contributed by atoms with van der Waals surface area (Å²) in [6.07, 6.45) is -0.240. The number of carboxylic acid groups (broad SMARTS) is 1. The normalized spacial score (nSPS) is 13.1. The van der Waals surface area contributed by atoms with Gasteiger partial charge in [-0.3, -0.25) is 4.79 Å². The smallest absolute Gasteiger partial charge is 0.416 e. The fourth-order valence-corrected chi connectivity index (χ4v) is 4.63. The molecule has 0 saturated heterocycles. The monoisotopic (exact) mass is 562 g/mol. The maximum Gasteiger partial charge on any atom is 0.416 e. The van der Waals surface area contributed by atoms with Gasteiger partial charge in [0.15, 0.2) is 5.82 Å². The molecule has 1 aromatic heterocycles. The molecule has 4 rings (SSSR count). The fourth-order valence-electron chi connectivity index (χ4n) is 4.63. The molecule has 0 fully saturated rings. The lowest BCUT2D eigenvalue weighted by Gasteiger charge is -2.24. The zero-order chi connectivity index (χ0) is 29.4. The molecule has 4 aromatic rings. The molecule has 0 aliphatic rings. The third-order valence-electron chi connectivity index (χ3n) is 6.66. The summed E-state index contributed by atoms with van der Waals surface area (Å²) >= 11 is 0. The lowest BCUT2D eigenvalue weighted by Crippen LogP contribution is -2.25. The first-order chi connectivity index (χ1) is 19.6. The van der Waals surface area contributed by atoms with Crippen LogP contribution in [0.25, 0.3) is 11.4 Å². The first-order valence-electron chi connectivity index (χ1n) is 13.5. The molecule has 41 heavy (non-hydrogen) atoms. The van der Waals surface area contributed by atoms with Crippen molar-refractivity contribution in [2.24, 2.45) is 5.92 Å². The van der Waals surface area contributed by atoms with Gasteiger partial charge in [0, 0.05) is 12.1 Å². The Morgan fingerprint density at radius 2 is 1.44 bits per heavy atom. The number of aromatic nitrogens is 2. The van der Waals surface area contributed by atoms with E-state index in [1.165, 1.54) is 12.1 Å². The summed E-state index contributed by atoms with van der Waals surface area (Å²) in [5.41, 5.74) is 3.64. The first kappa shape index (κ1) is 29.7. The molecule has 2 atom stereocenters. The molecule has 0 aliphatic heterocycles. The second-order valence-corrected chi connectivity index (χ2v) is 10.3. The quantitative estimate of drug-likeness (QED) is 0.166. The van der Waals surface area contributed by atoms with Crippen LogP contribution in [0, 0.1) is 5.92 Å². The van der Waals surface area contributed by atoms with Crippen LogP contribution in [0.2, 0.25) is 0 Å². The third-order valence-corrected chi connectivity index (χ3v) is 6.66. The number of anilines is 1. The van der Waals surface area contributed by atoms with Crippen LogP contribution in [0.1, 0.15) is 61.0 Å². The molecule has 0 aliphatic carbocycles. The summed E-state index contributed by atoms with van der Waals surface area (Å²) < 4.78 is 38.6. The number of nitrogens with one attached hydrogen (secondary N) is 2. The molecule has 214 valence electrons. The first-order valence-corrected chi connectivity index (χ1v) is 13.5. The van der Waals surface area contributed by atoms with Gasteiger partial charge < -0.3 is 15.7 Å². The van der Waals surface area contributed by atoms with E-state index >= 15 is 0 Å². The topological polar surface area (TPSA) is 87.1 Å². The maximum atomic E-state index is 12.9. The highest BCUT2D eigenvalue weighted by Gasteiger charge is 2.30. The summed E-state index contributed by atoms with van der Waals surface area (Å²) in [6.45, 7) is 4.63. The minimum Gasteiger partial charge on any atom is -0.481 e. The lowest BCUT2D eigenvalue weighted by atomic mass is 9.93. The highest BCUT2D eigenvalue weighted by Crippen LogP contribution is 2.31. The Balaban J connectivity index is 1.51. The van der Waals surface area contributed by atoms with Crippen molar-refractivity contribution in [1.82, 2.24) is 15.3 Å². The van der Waals surface area contributed by atoms with E-state index < -0.39 is 17.7 Å². The van der Waals surface area contributed by atoms with Crippen LogP contribution >= 0.6 is 0 Å². The van der Waals surface area contributed by atoms with Crippen LogP contribution in [0.15, 0.2) is 91.3 Å². The van der Waals surface area contributed by atoms with Crippen molar-refractivity contribution in [1.29, 1.82) is 0 Å². The SMILES string of the molecule is CC(C)CC(Nc1cnc(-c2ccc(C(F)(F)F)cc2)nc1)c1ccc(C(NCCC(=O)O)c2ccccc2)cc1. The Labute approximate surface area is 237 Å². The minimum absolute atomic E-state index is 0.0280. The average Bonchev–Trinajstić information content (AvgIpc) is 2.95. The number of benzene rings is 3. The molecule has 3 aromatic carbocycles. The van der Waals surface area contributed by atoms with Gasteiger partial charge in [0.2, 0.25) is 0 Å². The zero-order valence-corrected chi connectivity index (χ0v) is 22.9. The van der Waals surface area contributed by atoms with E-state index in [2.05, 4.69) is 58.7 Å². The maximum absolute atomic E-state index is 12.9. The van der Waals surface area contributed by atoms with Crippen molar-refractivity contribution >= 4 is 11.7 Å². The summed E-state index contributed by atoms with van der Waals surface area (Å²) in [6, 6.07) is 22.8. The van der Waals surface area contributed by atoms with Gasteiger partial charge in [-0.25, -0.2) is 9.97 Å². The van der Waals surface area contributed by atoms with Gasteiger partial charge >= 0.3 is 12.1 Å². The molecule has 0 saturated carbocycles. The standard InChI is InChI=1S/C32H33F3N4O2/c1-21(2)18-28(39-27-19-37-31(38-20-27)25-12-14-26(15-13-25)32(33,34)35)22-8-10-24(11-9-22)30(36-17-16-29(40)41)23-6-4-3-5-7-23/h3-15,19-21,28,30,36,39H,16-18H2,1-2H3,(H,40,41). The summed E-state index contributed by atoms with van der Waals surface area (Å²) in [4.78, 5) is 19.8. The van der Waals surface area contributed by atoms with Crippen LogP contribution in [0.3, 0.4) is 0 Å². The number of alkyl halides is 3. The van der Waals surface area contributed by atoms with Crippen molar-refractivity contribution in [3.8, 4) is 11.4 Å². The fraction of sp³-hybridized carbons (Fsp3) is 0.281. The number of carboxylic acids is 1. The van der Waals surface area contributed by atoms with Gasteiger partial charge in [-0.05, 0) is 41.2 Å². The molecule has 0 bridgehead atoms. The number of hydrogen-bond acceptors (Lipinski definition) is 5. The summed E-state index contributed by atoms with van der Waals surface area (Å²) in [5, 5.41) is 15.9.